The fraction of sp³-hybridized carbons (Fsp3) is 0.200. The molecule has 0 saturated carbocycles. The molecule has 1 aliphatic heterocycles. The summed E-state index contributed by atoms with van der Waals surface area (Å²) in [6, 6.07) is 11.4. The minimum Gasteiger partial charge on any atom is -0.448 e. The van der Waals surface area contributed by atoms with E-state index in [4.69, 9.17) is 38.8 Å². The largest absolute Gasteiger partial charge is 0.448 e. The van der Waals surface area contributed by atoms with Crippen molar-refractivity contribution < 1.29 is 9.53 Å². The first-order valence-corrected chi connectivity index (χ1v) is 10.8. The molecule has 4 aromatic rings. The molecule has 1 unspecified atom stereocenters. The highest BCUT2D eigenvalue weighted by Crippen LogP contribution is 2.40. The number of carbonyl (C=O) groups excluding carboxylic acids is 1. The van der Waals surface area contributed by atoms with Gasteiger partial charge in [0.05, 0.1) is 16.8 Å². The molecule has 2 aromatic heterocycles. The Morgan fingerprint density at radius 2 is 2.10 bits per heavy atom. The van der Waals surface area contributed by atoms with Gasteiger partial charge in [0.2, 0.25) is 0 Å². The second-order valence-corrected chi connectivity index (χ2v) is 9.02. The smallest absolute Gasteiger partial charge is 0.421 e. The SMILES string of the molecule is NNC(=O)OCC1CN(c2nc3ccc(Cl)cc3s2)Cc2[nH]c3ccc(Cl)cc3c21. The summed E-state index contributed by atoms with van der Waals surface area (Å²) in [6.45, 7) is 1.48. The van der Waals surface area contributed by atoms with Crippen LogP contribution < -0.4 is 16.2 Å². The number of carbonyl (C=O) groups is 1. The molecule has 7 nitrogen and oxygen atoms in total. The van der Waals surface area contributed by atoms with Gasteiger partial charge < -0.3 is 14.6 Å². The lowest BCUT2D eigenvalue weighted by molar-refractivity contribution is 0.138. The molecule has 2 aromatic carbocycles. The van der Waals surface area contributed by atoms with E-state index in [-0.39, 0.29) is 12.5 Å². The number of H-pyrrole nitrogens is 1. The maximum atomic E-state index is 11.6. The van der Waals surface area contributed by atoms with Crippen LogP contribution in [-0.2, 0) is 11.3 Å². The molecule has 0 fully saturated rings. The molecule has 154 valence electrons. The van der Waals surface area contributed by atoms with Gasteiger partial charge in [-0.2, -0.15) is 0 Å². The lowest BCUT2D eigenvalue weighted by Gasteiger charge is -2.32. The summed E-state index contributed by atoms with van der Waals surface area (Å²) in [6.07, 6.45) is -0.666. The van der Waals surface area contributed by atoms with Crippen molar-refractivity contribution in [2.24, 2.45) is 5.84 Å². The number of ether oxygens (including phenoxy) is 1. The van der Waals surface area contributed by atoms with Gasteiger partial charge in [0.25, 0.3) is 0 Å². The van der Waals surface area contributed by atoms with Crippen molar-refractivity contribution in [2.45, 2.75) is 12.5 Å². The van der Waals surface area contributed by atoms with Crippen molar-refractivity contribution in [3.63, 3.8) is 0 Å². The minimum absolute atomic E-state index is 0.0751. The van der Waals surface area contributed by atoms with Crippen LogP contribution in [-0.4, -0.2) is 29.2 Å². The number of nitrogens with two attached hydrogens (primary N) is 1. The number of thiazole rings is 1. The Labute approximate surface area is 185 Å². The van der Waals surface area contributed by atoms with Crippen molar-refractivity contribution in [1.82, 2.24) is 15.4 Å². The first-order chi connectivity index (χ1) is 14.5. The number of hydrogen-bond acceptors (Lipinski definition) is 6. The highest BCUT2D eigenvalue weighted by atomic mass is 35.5. The van der Waals surface area contributed by atoms with Gasteiger partial charge in [-0.25, -0.2) is 15.6 Å². The fourth-order valence-electron chi connectivity index (χ4n) is 3.97. The van der Waals surface area contributed by atoms with Crippen molar-refractivity contribution >= 4 is 66.9 Å². The first kappa shape index (κ1) is 19.4. The first-order valence-electron chi connectivity index (χ1n) is 9.26. The van der Waals surface area contributed by atoms with E-state index in [0.29, 0.717) is 23.1 Å². The molecule has 1 atom stereocenters. The van der Waals surface area contributed by atoms with Crippen molar-refractivity contribution in [3.05, 3.63) is 57.7 Å². The number of aromatic nitrogens is 2. The van der Waals surface area contributed by atoms with Crippen LogP contribution in [0.25, 0.3) is 21.1 Å². The summed E-state index contributed by atoms with van der Waals surface area (Å²) in [5.41, 5.74) is 6.07. The zero-order valence-corrected chi connectivity index (χ0v) is 17.9. The standard InChI is InChI=1S/C20H17Cl2N5O2S/c21-11-1-3-14-13(5-11)18-10(9-29-20(28)26-23)7-27(8-16(18)24-14)19-25-15-4-2-12(22)6-17(15)30-19/h1-6,10,24H,7-9,23H2,(H,26,28). The van der Waals surface area contributed by atoms with E-state index in [1.807, 2.05) is 41.8 Å². The zero-order valence-electron chi connectivity index (χ0n) is 15.6. The Kier molecular flexibility index (Phi) is 4.94. The molecule has 5 rings (SSSR count). The summed E-state index contributed by atoms with van der Waals surface area (Å²) < 4.78 is 6.34. The van der Waals surface area contributed by atoms with Gasteiger partial charge in [-0.15, -0.1) is 0 Å². The summed E-state index contributed by atoms with van der Waals surface area (Å²) >= 11 is 14.0. The fourth-order valence-corrected chi connectivity index (χ4v) is 5.39. The molecule has 0 radical (unpaired) electrons. The number of aromatic amines is 1. The van der Waals surface area contributed by atoms with Gasteiger partial charge in [0.15, 0.2) is 5.13 Å². The lowest BCUT2D eigenvalue weighted by Crippen LogP contribution is -2.37. The number of halogens is 2. The Morgan fingerprint density at radius 3 is 2.93 bits per heavy atom. The molecule has 10 heteroatoms. The highest BCUT2D eigenvalue weighted by Gasteiger charge is 2.31. The molecule has 0 spiro atoms. The quantitative estimate of drug-likeness (QED) is 0.231. The van der Waals surface area contributed by atoms with Gasteiger partial charge in [-0.3, -0.25) is 5.43 Å². The Morgan fingerprint density at radius 1 is 1.30 bits per heavy atom. The molecule has 3 heterocycles. The molecular formula is C20H17Cl2N5O2S. The number of hydrogen-bond donors (Lipinski definition) is 3. The van der Waals surface area contributed by atoms with E-state index in [9.17, 15) is 4.79 Å². The number of nitrogens with one attached hydrogen (secondary N) is 2. The Bertz CT molecular complexity index is 1270. The van der Waals surface area contributed by atoms with Crippen LogP contribution in [0.2, 0.25) is 10.0 Å². The third-order valence-electron chi connectivity index (χ3n) is 5.22. The summed E-state index contributed by atoms with van der Waals surface area (Å²) in [5, 5.41) is 3.28. The van der Waals surface area contributed by atoms with Crippen LogP contribution in [0.4, 0.5) is 9.93 Å². The highest BCUT2D eigenvalue weighted by molar-refractivity contribution is 7.22. The molecule has 1 aliphatic rings. The molecule has 0 saturated heterocycles. The van der Waals surface area contributed by atoms with E-state index < -0.39 is 6.09 Å². The molecule has 0 aliphatic carbocycles. The number of nitrogens with zero attached hydrogens (tertiary/aromatic N) is 2. The maximum absolute atomic E-state index is 11.6. The average molecular weight is 462 g/mol. The summed E-state index contributed by atoms with van der Waals surface area (Å²) in [4.78, 5) is 22.1. The van der Waals surface area contributed by atoms with E-state index in [2.05, 4.69) is 9.88 Å². The van der Waals surface area contributed by atoms with Crippen molar-refractivity contribution in [2.75, 3.05) is 18.1 Å². The zero-order chi connectivity index (χ0) is 20.8. The number of benzene rings is 2. The minimum atomic E-state index is -0.666. The molecule has 1 amide bonds. The number of hydrazine groups is 1. The molecule has 30 heavy (non-hydrogen) atoms. The van der Waals surface area contributed by atoms with Crippen LogP contribution in [0, 0.1) is 0 Å². The van der Waals surface area contributed by atoms with E-state index in [0.717, 1.165) is 37.5 Å². The maximum Gasteiger partial charge on any atom is 0.421 e. The normalized spacial score (nSPS) is 16.1. The van der Waals surface area contributed by atoms with Crippen LogP contribution in [0.5, 0.6) is 0 Å². The van der Waals surface area contributed by atoms with E-state index in [1.165, 1.54) is 0 Å². The second kappa shape index (κ2) is 7.63. The average Bonchev–Trinajstić information content (AvgIpc) is 3.32. The van der Waals surface area contributed by atoms with Gasteiger partial charge in [0, 0.05) is 39.1 Å². The lowest BCUT2D eigenvalue weighted by atomic mass is 9.92. The summed E-state index contributed by atoms with van der Waals surface area (Å²) in [5.74, 6) is 5.09. The summed E-state index contributed by atoms with van der Waals surface area (Å²) in [7, 11) is 0. The number of amides is 1. The third kappa shape index (κ3) is 3.45. The van der Waals surface area contributed by atoms with Crippen molar-refractivity contribution in [3.8, 4) is 0 Å². The van der Waals surface area contributed by atoms with Crippen LogP contribution in [0.1, 0.15) is 17.2 Å². The van der Waals surface area contributed by atoms with Crippen molar-refractivity contribution in [1.29, 1.82) is 0 Å². The number of fused-ring (bicyclic) bond motifs is 4. The predicted octanol–water partition coefficient (Wildman–Crippen LogP) is 4.79. The molecular weight excluding hydrogens is 445 g/mol. The van der Waals surface area contributed by atoms with Gasteiger partial charge in [0.1, 0.15) is 6.61 Å². The number of rotatable bonds is 3. The predicted molar refractivity (Wildman–Crippen MR) is 120 cm³/mol. The van der Waals surface area contributed by atoms with E-state index >= 15 is 0 Å². The van der Waals surface area contributed by atoms with Crippen LogP contribution in [0.15, 0.2) is 36.4 Å². The Hall–Kier alpha value is -2.52. The van der Waals surface area contributed by atoms with Gasteiger partial charge in [-0.1, -0.05) is 34.5 Å². The number of anilines is 1. The van der Waals surface area contributed by atoms with Crippen LogP contribution >= 0.6 is 34.5 Å². The molecule has 0 bridgehead atoms. The monoisotopic (exact) mass is 461 g/mol. The Balaban J connectivity index is 1.55. The molecule has 4 N–H and O–H groups in total. The van der Waals surface area contributed by atoms with Gasteiger partial charge in [-0.05, 0) is 42.0 Å². The van der Waals surface area contributed by atoms with Gasteiger partial charge >= 0.3 is 6.09 Å². The third-order valence-corrected chi connectivity index (χ3v) is 6.77. The van der Waals surface area contributed by atoms with Crippen LogP contribution in [0.3, 0.4) is 0 Å². The topological polar surface area (TPSA) is 96.3 Å². The second-order valence-electron chi connectivity index (χ2n) is 7.14. The van der Waals surface area contributed by atoms with E-state index in [1.54, 1.807) is 11.3 Å².